The van der Waals surface area contributed by atoms with E-state index >= 15 is 0 Å². The van der Waals surface area contributed by atoms with Crippen LogP contribution in [0.4, 0.5) is 13.2 Å². The third kappa shape index (κ3) is 6.67. The average molecular weight is 272 g/mol. The van der Waals surface area contributed by atoms with Gasteiger partial charge in [0, 0.05) is 6.54 Å². The van der Waals surface area contributed by atoms with Gasteiger partial charge in [-0.05, 0) is 31.7 Å². The molecule has 1 rings (SSSR count). The lowest BCUT2D eigenvalue weighted by molar-refractivity contribution is -0.143. The molecule has 0 amide bonds. The summed E-state index contributed by atoms with van der Waals surface area (Å²) in [5, 5.41) is 8.70. The fourth-order valence-corrected chi connectivity index (χ4v) is 1.57. The molecule has 0 radical (unpaired) electrons. The summed E-state index contributed by atoms with van der Waals surface area (Å²) in [7, 11) is 1.42. The summed E-state index contributed by atoms with van der Waals surface area (Å²) in [5.41, 5.74) is 0.492. The fourth-order valence-electron chi connectivity index (χ4n) is 1.57. The summed E-state index contributed by atoms with van der Waals surface area (Å²) in [4.78, 5) is 1.20. The van der Waals surface area contributed by atoms with Crippen molar-refractivity contribution in [3.63, 3.8) is 0 Å². The smallest absolute Gasteiger partial charge is 0.401 e. The van der Waals surface area contributed by atoms with Crippen molar-refractivity contribution in [3.8, 4) is 11.8 Å². The highest BCUT2D eigenvalue weighted by molar-refractivity contribution is 5.36. The molecule has 0 aliphatic carbocycles. The zero-order chi connectivity index (χ0) is 14.3. The van der Waals surface area contributed by atoms with Crippen LogP contribution in [0, 0.1) is 11.3 Å². The summed E-state index contributed by atoms with van der Waals surface area (Å²) >= 11 is 0. The number of halogens is 3. The molecule has 0 saturated heterocycles. The monoisotopic (exact) mass is 272 g/mol. The molecule has 0 aliphatic heterocycles. The molecule has 1 aromatic rings. The van der Waals surface area contributed by atoms with E-state index in [1.165, 1.54) is 11.9 Å². The normalized spacial score (nSPS) is 11.4. The van der Waals surface area contributed by atoms with Gasteiger partial charge in [0.25, 0.3) is 0 Å². The Labute approximate surface area is 110 Å². The van der Waals surface area contributed by atoms with Gasteiger partial charge in [-0.15, -0.1) is 0 Å². The molecular formula is C13H15F3N2O. The molecule has 0 saturated carbocycles. The van der Waals surface area contributed by atoms with Crippen molar-refractivity contribution >= 4 is 0 Å². The lowest BCUT2D eigenvalue weighted by Gasteiger charge is -2.18. The van der Waals surface area contributed by atoms with Crippen LogP contribution in [0.15, 0.2) is 24.3 Å². The SMILES string of the molecule is CN(CCCOc1cccc(C#N)c1)CC(F)(F)F. The molecule has 1 aromatic carbocycles. The molecule has 0 atom stereocenters. The van der Waals surface area contributed by atoms with Crippen molar-refractivity contribution in [3.05, 3.63) is 29.8 Å². The van der Waals surface area contributed by atoms with Gasteiger partial charge in [-0.1, -0.05) is 6.07 Å². The van der Waals surface area contributed by atoms with Gasteiger partial charge >= 0.3 is 6.18 Å². The van der Waals surface area contributed by atoms with Crippen LogP contribution < -0.4 is 4.74 Å². The van der Waals surface area contributed by atoms with Crippen molar-refractivity contribution in [1.82, 2.24) is 4.90 Å². The molecule has 0 fully saturated rings. The maximum atomic E-state index is 12.1. The van der Waals surface area contributed by atoms with Crippen LogP contribution in [-0.4, -0.2) is 37.8 Å². The summed E-state index contributed by atoms with van der Waals surface area (Å²) in [6.45, 7) is -0.300. The zero-order valence-corrected chi connectivity index (χ0v) is 10.6. The van der Waals surface area contributed by atoms with E-state index in [-0.39, 0.29) is 0 Å². The third-order valence-corrected chi connectivity index (χ3v) is 2.37. The molecule has 6 heteroatoms. The van der Waals surface area contributed by atoms with Gasteiger partial charge < -0.3 is 4.74 Å². The number of nitrogens with zero attached hydrogens (tertiary/aromatic N) is 2. The van der Waals surface area contributed by atoms with Gasteiger partial charge in [-0.2, -0.15) is 18.4 Å². The van der Waals surface area contributed by atoms with E-state index in [4.69, 9.17) is 10.00 Å². The van der Waals surface area contributed by atoms with Crippen LogP contribution in [0.5, 0.6) is 5.75 Å². The molecule has 0 aromatic heterocycles. The quantitative estimate of drug-likeness (QED) is 0.747. The molecule has 19 heavy (non-hydrogen) atoms. The van der Waals surface area contributed by atoms with Crippen LogP contribution >= 0.6 is 0 Å². The Morgan fingerprint density at radius 1 is 1.37 bits per heavy atom. The van der Waals surface area contributed by atoms with E-state index in [1.807, 2.05) is 6.07 Å². The molecule has 0 N–H and O–H groups in total. The Morgan fingerprint density at radius 2 is 2.11 bits per heavy atom. The Bertz CT molecular complexity index is 440. The van der Waals surface area contributed by atoms with E-state index in [9.17, 15) is 13.2 Å². The minimum Gasteiger partial charge on any atom is -0.494 e. The summed E-state index contributed by atoms with van der Waals surface area (Å²) in [6.07, 6.45) is -3.68. The number of rotatable bonds is 6. The second-order valence-corrected chi connectivity index (χ2v) is 4.19. The standard InChI is InChI=1S/C13H15F3N2O/c1-18(10-13(14,15)16)6-3-7-19-12-5-2-4-11(8-12)9-17/h2,4-5,8H,3,6-7,10H2,1H3. The molecular weight excluding hydrogens is 257 g/mol. The van der Waals surface area contributed by atoms with E-state index in [1.54, 1.807) is 24.3 Å². The predicted molar refractivity (Wildman–Crippen MR) is 64.8 cm³/mol. The van der Waals surface area contributed by atoms with Crippen LogP contribution in [0.2, 0.25) is 0 Å². The van der Waals surface area contributed by atoms with Gasteiger partial charge in [0.2, 0.25) is 0 Å². The van der Waals surface area contributed by atoms with Gasteiger partial charge in [0.1, 0.15) is 5.75 Å². The number of hydrogen-bond donors (Lipinski definition) is 0. The van der Waals surface area contributed by atoms with Crippen LogP contribution in [-0.2, 0) is 0 Å². The Morgan fingerprint density at radius 3 is 2.74 bits per heavy atom. The number of nitriles is 1. The first-order chi connectivity index (χ1) is 8.90. The first-order valence-corrected chi connectivity index (χ1v) is 5.79. The zero-order valence-electron chi connectivity index (χ0n) is 10.6. The van der Waals surface area contributed by atoms with E-state index in [0.29, 0.717) is 30.9 Å². The lowest BCUT2D eigenvalue weighted by Crippen LogP contribution is -2.32. The van der Waals surface area contributed by atoms with Crippen molar-refractivity contribution in [1.29, 1.82) is 5.26 Å². The van der Waals surface area contributed by atoms with Gasteiger partial charge in [-0.3, -0.25) is 4.90 Å². The summed E-state index contributed by atoms with van der Waals surface area (Å²) in [6, 6.07) is 8.65. The van der Waals surface area contributed by atoms with Gasteiger partial charge in [0.15, 0.2) is 0 Å². The largest absolute Gasteiger partial charge is 0.494 e. The average Bonchev–Trinajstić information content (AvgIpc) is 2.33. The van der Waals surface area contributed by atoms with E-state index in [0.717, 1.165) is 0 Å². The summed E-state index contributed by atoms with van der Waals surface area (Å²) in [5.74, 6) is 0.553. The maximum absolute atomic E-state index is 12.1. The second-order valence-electron chi connectivity index (χ2n) is 4.19. The van der Waals surface area contributed by atoms with Crippen molar-refractivity contribution in [2.75, 3.05) is 26.7 Å². The first kappa shape index (κ1) is 15.3. The highest BCUT2D eigenvalue weighted by Gasteiger charge is 2.28. The fraction of sp³-hybridized carbons (Fsp3) is 0.462. The molecule has 0 spiro atoms. The van der Waals surface area contributed by atoms with Crippen LogP contribution in [0.3, 0.4) is 0 Å². The van der Waals surface area contributed by atoms with Crippen LogP contribution in [0.25, 0.3) is 0 Å². The Hall–Kier alpha value is -1.74. The highest BCUT2D eigenvalue weighted by Crippen LogP contribution is 2.16. The number of benzene rings is 1. The van der Waals surface area contributed by atoms with Crippen molar-refractivity contribution in [2.45, 2.75) is 12.6 Å². The van der Waals surface area contributed by atoms with Crippen molar-refractivity contribution in [2.24, 2.45) is 0 Å². The van der Waals surface area contributed by atoms with E-state index in [2.05, 4.69) is 0 Å². The predicted octanol–water partition coefficient (Wildman–Crippen LogP) is 2.82. The second kappa shape index (κ2) is 7.00. The molecule has 0 heterocycles. The first-order valence-electron chi connectivity index (χ1n) is 5.79. The number of hydrogen-bond acceptors (Lipinski definition) is 3. The minimum absolute atomic E-state index is 0.303. The number of alkyl halides is 3. The van der Waals surface area contributed by atoms with Gasteiger partial charge in [-0.25, -0.2) is 0 Å². The molecule has 0 unspecified atom stereocenters. The third-order valence-electron chi connectivity index (χ3n) is 2.37. The van der Waals surface area contributed by atoms with Crippen LogP contribution in [0.1, 0.15) is 12.0 Å². The lowest BCUT2D eigenvalue weighted by atomic mass is 10.2. The molecule has 3 nitrogen and oxygen atoms in total. The maximum Gasteiger partial charge on any atom is 0.401 e. The molecule has 0 aliphatic rings. The minimum atomic E-state index is -4.17. The highest BCUT2D eigenvalue weighted by atomic mass is 19.4. The number of ether oxygens (including phenoxy) is 1. The summed E-state index contributed by atoms with van der Waals surface area (Å²) < 4.78 is 41.6. The molecule has 0 bridgehead atoms. The van der Waals surface area contributed by atoms with Crippen molar-refractivity contribution < 1.29 is 17.9 Å². The topological polar surface area (TPSA) is 36.3 Å². The van der Waals surface area contributed by atoms with Gasteiger partial charge in [0.05, 0.1) is 24.8 Å². The Kier molecular flexibility index (Phi) is 5.64. The Balaban J connectivity index is 2.25. The van der Waals surface area contributed by atoms with E-state index < -0.39 is 12.7 Å². The molecule has 104 valence electrons.